The van der Waals surface area contributed by atoms with Gasteiger partial charge in [-0.15, -0.1) is 0 Å². The van der Waals surface area contributed by atoms with E-state index in [1.807, 2.05) is 0 Å². The number of fused-ring (bicyclic) bond motifs is 1. The summed E-state index contributed by atoms with van der Waals surface area (Å²) in [6.07, 6.45) is 3.82. The number of oxazole rings is 1. The van der Waals surface area contributed by atoms with Crippen LogP contribution in [0.4, 0.5) is 0 Å². The summed E-state index contributed by atoms with van der Waals surface area (Å²) in [6.45, 7) is 2.42. The van der Waals surface area contributed by atoms with E-state index in [1.54, 1.807) is 17.0 Å². The molecule has 0 aromatic carbocycles. The summed E-state index contributed by atoms with van der Waals surface area (Å²) in [4.78, 5) is 34.7. The molecule has 2 aliphatic heterocycles. The first-order valence-corrected chi connectivity index (χ1v) is 9.05. The maximum Gasteiger partial charge on any atom is 0.339 e. The Hall–Kier alpha value is -2.74. The molecule has 8 heteroatoms. The van der Waals surface area contributed by atoms with Crippen LogP contribution in [0.2, 0.25) is 0 Å². The van der Waals surface area contributed by atoms with Gasteiger partial charge in [0.05, 0.1) is 19.2 Å². The van der Waals surface area contributed by atoms with Crippen molar-refractivity contribution in [1.82, 2.24) is 14.9 Å². The van der Waals surface area contributed by atoms with Gasteiger partial charge < -0.3 is 18.8 Å². The topological polar surface area (TPSA) is 94.8 Å². The van der Waals surface area contributed by atoms with Gasteiger partial charge in [0.2, 0.25) is 0 Å². The molecular weight excluding hydrogens is 350 g/mol. The molecule has 1 fully saturated rings. The SMILES string of the molecule is COC(=O)c1ccc(C(=O)N2CCc3oc(C4CCOCC4)nc3C2)nc1. The lowest BCUT2D eigenvalue weighted by Crippen LogP contribution is -2.36. The number of rotatable bonds is 3. The summed E-state index contributed by atoms with van der Waals surface area (Å²) in [6, 6.07) is 3.08. The van der Waals surface area contributed by atoms with E-state index in [1.165, 1.54) is 13.3 Å². The van der Waals surface area contributed by atoms with E-state index in [9.17, 15) is 9.59 Å². The second kappa shape index (κ2) is 7.48. The molecule has 1 saturated heterocycles. The number of hydrogen-bond donors (Lipinski definition) is 0. The summed E-state index contributed by atoms with van der Waals surface area (Å²) >= 11 is 0. The summed E-state index contributed by atoms with van der Waals surface area (Å²) in [5.74, 6) is 1.26. The van der Waals surface area contributed by atoms with E-state index < -0.39 is 5.97 Å². The zero-order chi connectivity index (χ0) is 18.8. The van der Waals surface area contributed by atoms with Crippen LogP contribution < -0.4 is 0 Å². The van der Waals surface area contributed by atoms with Crippen LogP contribution in [0.3, 0.4) is 0 Å². The number of nitrogens with zero attached hydrogens (tertiary/aromatic N) is 3. The minimum Gasteiger partial charge on any atom is -0.465 e. The van der Waals surface area contributed by atoms with E-state index in [4.69, 9.17) is 9.15 Å². The molecule has 0 saturated carbocycles. The highest BCUT2D eigenvalue weighted by Gasteiger charge is 2.29. The number of pyridine rings is 1. The van der Waals surface area contributed by atoms with Gasteiger partial charge in [-0.3, -0.25) is 9.78 Å². The van der Waals surface area contributed by atoms with Crippen LogP contribution in [0.5, 0.6) is 0 Å². The molecule has 0 unspecified atom stereocenters. The number of carbonyl (C=O) groups is 2. The van der Waals surface area contributed by atoms with Gasteiger partial charge in [0.15, 0.2) is 5.89 Å². The molecular formula is C19H21N3O5. The van der Waals surface area contributed by atoms with Gasteiger partial charge in [-0.2, -0.15) is 0 Å². The Balaban J connectivity index is 1.46. The average Bonchev–Trinajstić information content (AvgIpc) is 3.17. The Labute approximate surface area is 156 Å². The lowest BCUT2D eigenvalue weighted by molar-refractivity contribution is 0.0598. The lowest BCUT2D eigenvalue weighted by atomic mass is 10.0. The van der Waals surface area contributed by atoms with E-state index in [0.29, 0.717) is 36.7 Å². The number of carbonyl (C=O) groups excluding carboxylic acids is 2. The van der Waals surface area contributed by atoms with Crippen LogP contribution in [-0.4, -0.2) is 53.6 Å². The van der Waals surface area contributed by atoms with Crippen molar-refractivity contribution >= 4 is 11.9 Å². The third-order valence-corrected chi connectivity index (χ3v) is 5.01. The number of ether oxygens (including phenoxy) is 2. The maximum absolute atomic E-state index is 12.7. The van der Waals surface area contributed by atoms with Gasteiger partial charge in [0.25, 0.3) is 5.91 Å². The van der Waals surface area contributed by atoms with Gasteiger partial charge >= 0.3 is 5.97 Å². The van der Waals surface area contributed by atoms with Crippen LogP contribution in [0.15, 0.2) is 22.7 Å². The molecule has 2 aliphatic rings. The van der Waals surface area contributed by atoms with E-state index >= 15 is 0 Å². The Morgan fingerprint density at radius 2 is 2.07 bits per heavy atom. The summed E-state index contributed by atoms with van der Waals surface area (Å²) in [7, 11) is 1.30. The molecule has 4 heterocycles. The summed E-state index contributed by atoms with van der Waals surface area (Å²) in [5.41, 5.74) is 1.43. The minimum absolute atomic E-state index is 0.187. The molecule has 27 heavy (non-hydrogen) atoms. The van der Waals surface area contributed by atoms with Gasteiger partial charge in [0, 0.05) is 38.3 Å². The fourth-order valence-corrected chi connectivity index (χ4v) is 3.43. The Morgan fingerprint density at radius 3 is 2.78 bits per heavy atom. The first-order chi connectivity index (χ1) is 13.2. The fourth-order valence-electron chi connectivity index (χ4n) is 3.43. The zero-order valence-electron chi connectivity index (χ0n) is 15.1. The number of hydrogen-bond acceptors (Lipinski definition) is 7. The molecule has 0 N–H and O–H groups in total. The smallest absolute Gasteiger partial charge is 0.339 e. The molecule has 0 bridgehead atoms. The van der Waals surface area contributed by atoms with Crippen molar-refractivity contribution in [2.24, 2.45) is 0 Å². The van der Waals surface area contributed by atoms with Crippen molar-refractivity contribution in [2.75, 3.05) is 26.9 Å². The van der Waals surface area contributed by atoms with Crippen molar-refractivity contribution in [1.29, 1.82) is 0 Å². The van der Waals surface area contributed by atoms with Crippen molar-refractivity contribution in [2.45, 2.75) is 31.7 Å². The van der Waals surface area contributed by atoms with Crippen molar-refractivity contribution < 1.29 is 23.5 Å². The molecule has 142 valence electrons. The quantitative estimate of drug-likeness (QED) is 0.761. The Morgan fingerprint density at radius 1 is 1.26 bits per heavy atom. The van der Waals surface area contributed by atoms with E-state index in [0.717, 1.165) is 43.4 Å². The highest BCUT2D eigenvalue weighted by Crippen LogP contribution is 2.30. The number of methoxy groups -OCH3 is 1. The Bertz CT molecular complexity index is 840. The molecule has 0 spiro atoms. The van der Waals surface area contributed by atoms with Gasteiger partial charge in [-0.1, -0.05) is 0 Å². The summed E-state index contributed by atoms with van der Waals surface area (Å²) in [5, 5.41) is 0. The van der Waals surface area contributed by atoms with Gasteiger partial charge in [0.1, 0.15) is 17.1 Å². The van der Waals surface area contributed by atoms with Crippen LogP contribution >= 0.6 is 0 Å². The summed E-state index contributed by atoms with van der Waals surface area (Å²) < 4.78 is 16.0. The monoisotopic (exact) mass is 371 g/mol. The lowest BCUT2D eigenvalue weighted by Gasteiger charge is -2.24. The average molecular weight is 371 g/mol. The molecule has 2 aromatic heterocycles. The first kappa shape index (κ1) is 17.7. The third kappa shape index (κ3) is 3.57. The number of esters is 1. The highest BCUT2D eigenvalue weighted by atomic mass is 16.5. The van der Waals surface area contributed by atoms with E-state index in [-0.39, 0.29) is 5.91 Å². The van der Waals surface area contributed by atoms with Crippen molar-refractivity contribution in [3.8, 4) is 0 Å². The molecule has 4 rings (SSSR count). The van der Waals surface area contributed by atoms with Gasteiger partial charge in [-0.05, 0) is 25.0 Å². The fraction of sp³-hybridized carbons (Fsp3) is 0.474. The molecule has 2 aromatic rings. The van der Waals surface area contributed by atoms with Crippen LogP contribution in [0.1, 0.15) is 57.0 Å². The first-order valence-electron chi connectivity index (χ1n) is 9.05. The van der Waals surface area contributed by atoms with Crippen molar-refractivity contribution in [3.05, 3.63) is 46.9 Å². The molecule has 0 atom stereocenters. The maximum atomic E-state index is 12.7. The van der Waals surface area contributed by atoms with Crippen molar-refractivity contribution in [3.63, 3.8) is 0 Å². The molecule has 8 nitrogen and oxygen atoms in total. The number of amides is 1. The second-order valence-corrected chi connectivity index (χ2v) is 6.71. The number of aromatic nitrogens is 2. The minimum atomic E-state index is -0.479. The third-order valence-electron chi connectivity index (χ3n) is 5.01. The molecule has 0 radical (unpaired) electrons. The van der Waals surface area contributed by atoms with E-state index in [2.05, 4.69) is 14.7 Å². The zero-order valence-corrected chi connectivity index (χ0v) is 15.1. The van der Waals surface area contributed by atoms with Crippen LogP contribution in [0, 0.1) is 0 Å². The second-order valence-electron chi connectivity index (χ2n) is 6.71. The highest BCUT2D eigenvalue weighted by molar-refractivity contribution is 5.94. The molecule has 0 aliphatic carbocycles. The van der Waals surface area contributed by atoms with Crippen LogP contribution in [0.25, 0.3) is 0 Å². The van der Waals surface area contributed by atoms with Crippen LogP contribution in [-0.2, 0) is 22.4 Å². The molecule has 1 amide bonds. The normalized spacial score (nSPS) is 17.4. The predicted molar refractivity (Wildman–Crippen MR) is 93.3 cm³/mol. The predicted octanol–water partition coefficient (Wildman–Crippen LogP) is 1.95. The van der Waals surface area contributed by atoms with Gasteiger partial charge in [-0.25, -0.2) is 9.78 Å². The Kier molecular flexibility index (Phi) is 4.89. The standard InChI is InChI=1S/C19H21N3O5/c1-25-19(24)13-2-3-14(20-10-13)18(23)22-7-4-16-15(11-22)21-17(27-16)12-5-8-26-9-6-12/h2-3,10,12H,4-9,11H2,1H3. The largest absolute Gasteiger partial charge is 0.465 e.